The first-order valence-corrected chi connectivity index (χ1v) is 8.02. The molecule has 0 spiro atoms. The second-order valence-electron chi connectivity index (χ2n) is 5.32. The largest absolute Gasteiger partial charge is 0.546 e. The lowest BCUT2D eigenvalue weighted by molar-refractivity contribution is -0.312. The third kappa shape index (κ3) is 3.48. The Balaban J connectivity index is 2.29. The summed E-state index contributed by atoms with van der Waals surface area (Å²) in [5.74, 6) is -1.58. The fourth-order valence-electron chi connectivity index (χ4n) is 2.27. The molecule has 0 amide bonds. The molecule has 3 rings (SSSR count). The molecule has 3 aromatic rings. The molecule has 1 aromatic heterocycles. The van der Waals surface area contributed by atoms with Gasteiger partial charge in [0.25, 0.3) is 0 Å². The smallest absolute Gasteiger partial charge is 0.235 e. The molecule has 0 fully saturated rings. The number of benzene rings is 2. The predicted molar refractivity (Wildman–Crippen MR) is 93.0 cm³/mol. The van der Waals surface area contributed by atoms with E-state index in [0.29, 0.717) is 21.2 Å². The minimum absolute atomic E-state index is 0.101. The number of ether oxygens (including phenoxy) is 1. The molecule has 0 unspecified atom stereocenters. The highest BCUT2D eigenvalue weighted by atomic mass is 35.5. The highest BCUT2D eigenvalue weighted by molar-refractivity contribution is 6.31. The first-order valence-electron chi connectivity index (χ1n) is 7.26. The minimum Gasteiger partial charge on any atom is -0.546 e. The molecule has 0 saturated carbocycles. The van der Waals surface area contributed by atoms with Gasteiger partial charge >= 0.3 is 0 Å². The summed E-state index contributed by atoms with van der Waals surface area (Å²) in [6, 6.07) is 11.1. The Morgan fingerprint density at radius 3 is 2.40 bits per heavy atom. The number of rotatable bonds is 4. The number of aliphatic carboxylic acids is 1. The zero-order valence-electron chi connectivity index (χ0n) is 12.9. The molecule has 0 bridgehead atoms. The summed E-state index contributed by atoms with van der Waals surface area (Å²) < 4.78 is 11.1. The maximum absolute atomic E-state index is 12.8. The van der Waals surface area contributed by atoms with Crippen molar-refractivity contribution in [2.45, 2.75) is 13.0 Å². The summed E-state index contributed by atoms with van der Waals surface area (Å²) in [5, 5.41) is 12.1. The first-order chi connectivity index (χ1) is 11.9. The zero-order chi connectivity index (χ0) is 18.1. The van der Waals surface area contributed by atoms with Crippen LogP contribution in [0.15, 0.2) is 51.7 Å². The lowest BCUT2D eigenvalue weighted by Gasteiger charge is -2.17. The summed E-state index contributed by atoms with van der Waals surface area (Å²) in [7, 11) is 0. The standard InChI is InChI=1S/C18H12Cl2O5/c1-9(18(22)23)24-17-15(21)13-8-12(20)6-7-14(13)25-16(17)10-2-4-11(19)5-3-10/h2-9H,1H3,(H,22,23)/p-1/t9-/m1/s1. The van der Waals surface area contributed by atoms with Crippen molar-refractivity contribution in [2.75, 3.05) is 0 Å². The van der Waals surface area contributed by atoms with Crippen molar-refractivity contribution in [3.63, 3.8) is 0 Å². The summed E-state index contributed by atoms with van der Waals surface area (Å²) in [4.78, 5) is 23.8. The Bertz CT molecular complexity index is 1010. The molecule has 0 radical (unpaired) electrons. The maximum atomic E-state index is 12.8. The van der Waals surface area contributed by atoms with Gasteiger partial charge in [-0.05, 0) is 49.4 Å². The number of fused-ring (bicyclic) bond motifs is 1. The summed E-state index contributed by atoms with van der Waals surface area (Å²) in [6.07, 6.45) is -1.34. The van der Waals surface area contributed by atoms with E-state index in [1.165, 1.54) is 13.0 Å². The molecule has 128 valence electrons. The second-order valence-corrected chi connectivity index (χ2v) is 6.19. The molecule has 1 heterocycles. The van der Waals surface area contributed by atoms with E-state index in [2.05, 4.69) is 0 Å². The molecule has 1 atom stereocenters. The molecular weight excluding hydrogens is 367 g/mol. The molecule has 0 saturated heterocycles. The van der Waals surface area contributed by atoms with Crippen molar-refractivity contribution in [3.8, 4) is 17.1 Å². The summed E-state index contributed by atoms with van der Waals surface area (Å²) >= 11 is 11.8. The van der Waals surface area contributed by atoms with Crippen LogP contribution < -0.4 is 15.3 Å². The minimum atomic E-state index is -1.45. The van der Waals surface area contributed by atoms with Gasteiger partial charge in [-0.3, -0.25) is 4.79 Å². The Hall–Kier alpha value is -2.50. The van der Waals surface area contributed by atoms with Crippen LogP contribution in [0.5, 0.6) is 5.75 Å². The Kier molecular flexibility index (Phi) is 4.70. The van der Waals surface area contributed by atoms with Gasteiger partial charge in [-0.15, -0.1) is 0 Å². The highest BCUT2D eigenvalue weighted by Crippen LogP contribution is 2.32. The van der Waals surface area contributed by atoms with Crippen LogP contribution in [-0.2, 0) is 4.79 Å². The first kappa shape index (κ1) is 17.3. The van der Waals surface area contributed by atoms with Gasteiger partial charge in [0.2, 0.25) is 11.2 Å². The van der Waals surface area contributed by atoms with Crippen LogP contribution in [-0.4, -0.2) is 12.1 Å². The number of carboxylic acid groups (broad SMARTS) is 1. The Morgan fingerprint density at radius 1 is 1.12 bits per heavy atom. The van der Waals surface area contributed by atoms with Gasteiger partial charge in [0.05, 0.1) is 11.4 Å². The fraction of sp³-hybridized carbons (Fsp3) is 0.111. The van der Waals surface area contributed by atoms with Crippen LogP contribution in [0.4, 0.5) is 0 Å². The van der Waals surface area contributed by atoms with Crippen LogP contribution in [0.25, 0.3) is 22.3 Å². The SMILES string of the molecule is C[C@@H](Oc1c(-c2ccc(Cl)cc2)oc2ccc(Cl)cc2c1=O)C(=O)[O-]. The molecule has 0 aliphatic rings. The van der Waals surface area contributed by atoms with E-state index in [-0.39, 0.29) is 16.9 Å². The van der Waals surface area contributed by atoms with Crippen LogP contribution in [0.3, 0.4) is 0 Å². The summed E-state index contributed by atoms with van der Waals surface area (Å²) in [5.41, 5.74) is 0.286. The molecular formula is C18H11Cl2O5-. The van der Waals surface area contributed by atoms with Crippen molar-refractivity contribution in [2.24, 2.45) is 0 Å². The quantitative estimate of drug-likeness (QED) is 0.696. The molecule has 25 heavy (non-hydrogen) atoms. The second kappa shape index (κ2) is 6.78. The molecule has 2 aromatic carbocycles. The van der Waals surface area contributed by atoms with Crippen LogP contribution >= 0.6 is 23.2 Å². The number of hydrogen-bond acceptors (Lipinski definition) is 5. The average molecular weight is 378 g/mol. The number of carbonyl (C=O) groups is 1. The molecule has 0 aliphatic heterocycles. The lowest BCUT2D eigenvalue weighted by atomic mass is 10.1. The molecule has 7 heteroatoms. The van der Waals surface area contributed by atoms with E-state index in [0.717, 1.165) is 0 Å². The molecule has 5 nitrogen and oxygen atoms in total. The third-order valence-corrected chi connectivity index (χ3v) is 4.03. The molecule has 0 aliphatic carbocycles. The Morgan fingerprint density at radius 2 is 1.76 bits per heavy atom. The van der Waals surface area contributed by atoms with Crippen molar-refractivity contribution in [1.29, 1.82) is 0 Å². The number of carbonyl (C=O) groups excluding carboxylic acids is 1. The number of halogens is 2. The van der Waals surface area contributed by atoms with Crippen molar-refractivity contribution < 1.29 is 19.1 Å². The van der Waals surface area contributed by atoms with Crippen LogP contribution in [0.1, 0.15) is 6.92 Å². The predicted octanol–water partition coefficient (Wildman–Crippen LogP) is 3.28. The van der Waals surface area contributed by atoms with Crippen LogP contribution in [0.2, 0.25) is 10.0 Å². The van der Waals surface area contributed by atoms with Gasteiger partial charge in [0.1, 0.15) is 11.7 Å². The van der Waals surface area contributed by atoms with E-state index < -0.39 is 17.5 Å². The highest BCUT2D eigenvalue weighted by Gasteiger charge is 2.20. The summed E-state index contributed by atoms with van der Waals surface area (Å²) in [6.45, 7) is 1.27. The van der Waals surface area contributed by atoms with Crippen molar-refractivity contribution in [3.05, 3.63) is 62.7 Å². The number of hydrogen-bond donors (Lipinski definition) is 0. The fourth-order valence-corrected chi connectivity index (χ4v) is 2.57. The third-order valence-electron chi connectivity index (χ3n) is 3.54. The van der Waals surface area contributed by atoms with Gasteiger partial charge in [-0.1, -0.05) is 23.2 Å². The van der Waals surface area contributed by atoms with E-state index in [9.17, 15) is 14.7 Å². The van der Waals surface area contributed by atoms with Crippen LogP contribution in [0, 0.1) is 0 Å². The monoisotopic (exact) mass is 377 g/mol. The van der Waals surface area contributed by atoms with E-state index in [1.807, 2.05) is 0 Å². The van der Waals surface area contributed by atoms with Gasteiger partial charge in [0.15, 0.2) is 5.76 Å². The van der Waals surface area contributed by atoms with E-state index in [4.69, 9.17) is 32.4 Å². The van der Waals surface area contributed by atoms with Gasteiger partial charge in [0, 0.05) is 15.6 Å². The lowest BCUT2D eigenvalue weighted by Crippen LogP contribution is -2.38. The van der Waals surface area contributed by atoms with Gasteiger partial charge in [-0.25, -0.2) is 0 Å². The topological polar surface area (TPSA) is 79.6 Å². The molecule has 0 N–H and O–H groups in total. The van der Waals surface area contributed by atoms with E-state index >= 15 is 0 Å². The van der Waals surface area contributed by atoms with Crippen molar-refractivity contribution >= 4 is 40.1 Å². The number of carboxylic acids is 1. The van der Waals surface area contributed by atoms with Crippen molar-refractivity contribution in [1.82, 2.24) is 0 Å². The average Bonchev–Trinajstić information content (AvgIpc) is 2.58. The normalized spacial score (nSPS) is 12.1. The van der Waals surface area contributed by atoms with Gasteiger partial charge in [-0.2, -0.15) is 0 Å². The van der Waals surface area contributed by atoms with E-state index in [1.54, 1.807) is 36.4 Å². The Labute approximate surface area is 152 Å². The zero-order valence-corrected chi connectivity index (χ0v) is 14.4. The maximum Gasteiger partial charge on any atom is 0.235 e. The van der Waals surface area contributed by atoms with Gasteiger partial charge < -0.3 is 19.1 Å².